The minimum Gasteiger partial charge on any atom is -0.289 e. The first kappa shape index (κ1) is 17.3. The minimum absolute atomic E-state index is 0.907. The smallest absolute Gasteiger partial charge is 0.274 e. The summed E-state index contributed by atoms with van der Waals surface area (Å²) in [6.07, 6.45) is 3.93. The molecule has 1 aromatic carbocycles. The van der Waals surface area contributed by atoms with Crippen molar-refractivity contribution in [1.29, 1.82) is 0 Å². The summed E-state index contributed by atoms with van der Waals surface area (Å²) in [5.41, 5.74) is 4.28. The van der Waals surface area contributed by atoms with E-state index in [4.69, 9.17) is 10.2 Å². The summed E-state index contributed by atoms with van der Waals surface area (Å²) < 4.78 is 1.99. The Morgan fingerprint density at radius 1 is 0.963 bits per heavy atom. The van der Waals surface area contributed by atoms with E-state index in [-0.39, 0.29) is 0 Å². The second kappa shape index (κ2) is 7.61. The van der Waals surface area contributed by atoms with E-state index in [2.05, 4.69) is 46.1 Å². The summed E-state index contributed by atoms with van der Waals surface area (Å²) in [5, 5.41) is 11.6. The molecule has 0 saturated carbocycles. The average Bonchev–Trinajstić information content (AvgIpc) is 3.02. The first-order chi connectivity index (χ1) is 13.2. The monoisotopic (exact) mass is 361 g/mol. The van der Waals surface area contributed by atoms with E-state index in [0.717, 1.165) is 54.6 Å². The first-order valence-electron chi connectivity index (χ1n) is 9.34. The molecule has 0 atom stereocenters. The molecule has 1 N–H and O–H groups in total. The fourth-order valence-electron chi connectivity index (χ4n) is 3.43. The van der Waals surface area contributed by atoms with Crippen LogP contribution in [0.5, 0.6) is 0 Å². The van der Waals surface area contributed by atoms with Crippen molar-refractivity contribution in [2.75, 3.05) is 31.1 Å². The zero-order valence-corrected chi connectivity index (χ0v) is 15.8. The second-order valence-electron chi connectivity index (χ2n) is 6.76. The number of piperazine rings is 1. The molecular formula is C21H25N6+. The quantitative estimate of drug-likeness (QED) is 0.671. The normalized spacial score (nSPS) is 14.9. The molecule has 3 aromatic rings. The molecule has 1 saturated heterocycles. The van der Waals surface area contributed by atoms with E-state index in [9.17, 15) is 0 Å². The van der Waals surface area contributed by atoms with E-state index < -0.39 is 0 Å². The Morgan fingerprint density at radius 2 is 1.70 bits per heavy atom. The second-order valence-corrected chi connectivity index (χ2v) is 6.76. The number of aromatic amines is 1. The fourth-order valence-corrected chi connectivity index (χ4v) is 3.43. The molecule has 6 heteroatoms. The molecule has 0 amide bonds. The van der Waals surface area contributed by atoms with Gasteiger partial charge in [-0.1, -0.05) is 24.3 Å². The highest BCUT2D eigenvalue weighted by Crippen LogP contribution is 2.17. The molecule has 27 heavy (non-hydrogen) atoms. The lowest BCUT2D eigenvalue weighted by Crippen LogP contribution is -2.45. The molecule has 0 radical (unpaired) electrons. The predicted octanol–water partition coefficient (Wildman–Crippen LogP) is 2.46. The zero-order chi connectivity index (χ0) is 18.6. The Bertz CT molecular complexity index is 909. The van der Waals surface area contributed by atoms with E-state index in [1.54, 1.807) is 0 Å². The number of anilines is 1. The van der Waals surface area contributed by atoms with Crippen LogP contribution in [0.15, 0.2) is 59.8 Å². The number of hydrazone groups is 1. The number of aromatic nitrogens is 3. The van der Waals surface area contributed by atoms with Gasteiger partial charge in [0.1, 0.15) is 13.1 Å². The number of para-hydroxylation sites is 1. The van der Waals surface area contributed by atoms with E-state index >= 15 is 0 Å². The van der Waals surface area contributed by atoms with Crippen molar-refractivity contribution >= 4 is 12.0 Å². The molecule has 0 unspecified atom stereocenters. The van der Waals surface area contributed by atoms with E-state index in [1.165, 1.54) is 0 Å². The summed E-state index contributed by atoms with van der Waals surface area (Å²) in [7, 11) is 0. The minimum atomic E-state index is 0.907. The summed E-state index contributed by atoms with van der Waals surface area (Å²) in [4.78, 5) is 5.66. The Labute approximate surface area is 159 Å². The van der Waals surface area contributed by atoms with Gasteiger partial charge >= 0.3 is 0 Å². The summed E-state index contributed by atoms with van der Waals surface area (Å²) in [5.74, 6) is 1.16. The van der Waals surface area contributed by atoms with Crippen LogP contribution < -0.4 is 9.88 Å². The third-order valence-electron chi connectivity index (χ3n) is 4.99. The molecule has 0 spiro atoms. The fraction of sp³-hybridized carbons (Fsp3) is 0.286. The molecule has 0 aliphatic carbocycles. The van der Waals surface area contributed by atoms with Crippen molar-refractivity contribution in [3.8, 4) is 5.69 Å². The number of hydrogen-bond acceptors (Lipinski definition) is 4. The number of nitrogens with one attached hydrogen (secondary N) is 1. The van der Waals surface area contributed by atoms with Crippen LogP contribution in [0, 0.1) is 13.8 Å². The van der Waals surface area contributed by atoms with Gasteiger partial charge in [0.2, 0.25) is 0 Å². The van der Waals surface area contributed by atoms with E-state index in [1.807, 2.05) is 48.3 Å². The molecule has 1 aliphatic rings. The van der Waals surface area contributed by atoms with Gasteiger partial charge in [-0.05, 0) is 32.0 Å². The van der Waals surface area contributed by atoms with Gasteiger partial charge < -0.3 is 0 Å². The lowest BCUT2D eigenvalue weighted by molar-refractivity contribution is -0.364. The standard InChI is InChI=1S/C21H24N6/c1-17-20(18(2)27(24-17)19-8-4-3-5-9-19)16-23-26-14-12-25(13-15-26)21-10-6-7-11-22-21/h3-11,16H,12-15H2,1-2H3/p+1. The predicted molar refractivity (Wildman–Crippen MR) is 107 cm³/mol. The van der Waals surface area contributed by atoms with Gasteiger partial charge in [-0.15, -0.1) is 0 Å². The zero-order valence-electron chi connectivity index (χ0n) is 15.8. The van der Waals surface area contributed by atoms with Gasteiger partial charge in [0.15, 0.2) is 0 Å². The van der Waals surface area contributed by atoms with Crippen molar-refractivity contribution in [2.24, 2.45) is 5.10 Å². The van der Waals surface area contributed by atoms with Crippen LogP contribution in [-0.2, 0) is 0 Å². The number of aryl methyl sites for hydroxylation is 1. The molecule has 4 rings (SSSR count). The van der Waals surface area contributed by atoms with E-state index in [0.29, 0.717) is 0 Å². The number of H-pyrrole nitrogens is 1. The molecule has 1 fully saturated rings. The highest BCUT2D eigenvalue weighted by Gasteiger charge is 2.22. The maximum atomic E-state index is 4.73. The Kier molecular flexibility index (Phi) is 4.87. The number of rotatable bonds is 4. The highest BCUT2D eigenvalue weighted by molar-refractivity contribution is 5.82. The average molecular weight is 361 g/mol. The van der Waals surface area contributed by atoms with Gasteiger partial charge in [-0.25, -0.2) is 9.67 Å². The maximum absolute atomic E-state index is 4.73. The molecule has 3 heterocycles. The van der Waals surface area contributed by atoms with Crippen LogP contribution in [-0.4, -0.2) is 47.2 Å². The topological polar surface area (TPSA) is 50.8 Å². The van der Waals surface area contributed by atoms with Crippen molar-refractivity contribution in [1.82, 2.24) is 14.8 Å². The summed E-state index contributed by atoms with van der Waals surface area (Å²) in [6, 6.07) is 16.4. The number of benzene rings is 1. The van der Waals surface area contributed by atoms with Gasteiger partial charge in [0, 0.05) is 11.6 Å². The van der Waals surface area contributed by atoms with Crippen LogP contribution in [0.4, 0.5) is 5.82 Å². The van der Waals surface area contributed by atoms with Gasteiger partial charge in [-0.3, -0.25) is 9.91 Å². The van der Waals surface area contributed by atoms with Crippen LogP contribution in [0.25, 0.3) is 5.69 Å². The molecule has 2 aromatic heterocycles. The molecule has 6 nitrogen and oxygen atoms in total. The van der Waals surface area contributed by atoms with Gasteiger partial charge in [0.05, 0.1) is 42.6 Å². The summed E-state index contributed by atoms with van der Waals surface area (Å²) >= 11 is 0. The van der Waals surface area contributed by atoms with Crippen LogP contribution in [0.3, 0.4) is 0 Å². The Hall–Kier alpha value is -3.15. The van der Waals surface area contributed by atoms with Gasteiger partial charge in [-0.2, -0.15) is 10.2 Å². The van der Waals surface area contributed by atoms with Crippen LogP contribution >= 0.6 is 0 Å². The highest BCUT2D eigenvalue weighted by atomic mass is 15.5. The Morgan fingerprint density at radius 3 is 2.41 bits per heavy atom. The Balaban J connectivity index is 1.44. The summed E-state index contributed by atoms with van der Waals surface area (Å²) in [6.45, 7) is 7.86. The number of hydrogen-bond donors (Lipinski definition) is 0. The van der Waals surface area contributed by atoms with Crippen LogP contribution in [0.2, 0.25) is 0 Å². The molecule has 1 aliphatic heterocycles. The van der Waals surface area contributed by atoms with Gasteiger partial charge in [0.25, 0.3) is 5.82 Å². The SMILES string of the molecule is Cc1nn(-c2ccccc2)c(C)c1C=NN1CCN(c2cccc[nH+]2)CC1. The third kappa shape index (κ3) is 3.69. The van der Waals surface area contributed by atoms with Crippen molar-refractivity contribution in [3.63, 3.8) is 0 Å². The number of nitrogens with zero attached hydrogens (tertiary/aromatic N) is 5. The largest absolute Gasteiger partial charge is 0.289 e. The third-order valence-corrected chi connectivity index (χ3v) is 4.99. The molecular weight excluding hydrogens is 336 g/mol. The maximum Gasteiger partial charge on any atom is 0.274 e. The first-order valence-corrected chi connectivity index (χ1v) is 9.34. The van der Waals surface area contributed by atoms with Crippen molar-refractivity contribution in [3.05, 3.63) is 71.7 Å². The number of pyridine rings is 1. The van der Waals surface area contributed by atoms with Crippen molar-refractivity contribution < 1.29 is 4.98 Å². The lowest BCUT2D eigenvalue weighted by atomic mass is 10.2. The molecule has 0 bridgehead atoms. The lowest BCUT2D eigenvalue weighted by Gasteiger charge is -2.28. The van der Waals surface area contributed by atoms with Crippen molar-refractivity contribution in [2.45, 2.75) is 13.8 Å². The molecule has 138 valence electrons. The van der Waals surface area contributed by atoms with Crippen LogP contribution in [0.1, 0.15) is 17.0 Å².